The van der Waals surface area contributed by atoms with E-state index in [1.807, 2.05) is 0 Å². The van der Waals surface area contributed by atoms with E-state index in [0.29, 0.717) is 22.7 Å². The highest BCUT2D eigenvalue weighted by Gasteiger charge is 2.35. The molecule has 0 aliphatic rings. The van der Waals surface area contributed by atoms with Crippen LogP contribution in [0.15, 0.2) is 32.7 Å². The zero-order valence-electron chi connectivity index (χ0n) is 8.88. The van der Waals surface area contributed by atoms with Gasteiger partial charge in [0.1, 0.15) is 0 Å². The molecule has 0 saturated heterocycles. The van der Waals surface area contributed by atoms with Gasteiger partial charge in [-0.3, -0.25) is 20.2 Å². The highest BCUT2D eigenvalue weighted by Crippen LogP contribution is 2.39. The van der Waals surface area contributed by atoms with Crippen LogP contribution in [-0.2, 0) is 9.84 Å². The van der Waals surface area contributed by atoms with Crippen molar-refractivity contribution >= 4 is 42.5 Å². The standard InChI is InChI=1S/C8H4N2O6S3/c11-9(12)7-5(1-3-17-7)19(15,16)6-2-4-18-8(6)10(13)14/h1-4H. The van der Waals surface area contributed by atoms with Crippen LogP contribution in [0.3, 0.4) is 0 Å². The largest absolute Gasteiger partial charge is 0.343 e. The van der Waals surface area contributed by atoms with Crippen LogP contribution in [0.5, 0.6) is 0 Å². The molecule has 100 valence electrons. The smallest absolute Gasteiger partial charge is 0.258 e. The normalized spacial score (nSPS) is 11.4. The first-order valence-electron chi connectivity index (χ1n) is 4.54. The molecule has 0 fully saturated rings. The number of nitro groups is 2. The van der Waals surface area contributed by atoms with E-state index in [-0.39, 0.29) is 0 Å². The van der Waals surface area contributed by atoms with Crippen molar-refractivity contribution in [3.05, 3.63) is 43.1 Å². The number of thiophene rings is 2. The van der Waals surface area contributed by atoms with Gasteiger partial charge in [0, 0.05) is 0 Å². The number of hydrogen-bond acceptors (Lipinski definition) is 8. The molecule has 0 aliphatic carbocycles. The Balaban J connectivity index is 2.66. The van der Waals surface area contributed by atoms with Gasteiger partial charge in [-0.1, -0.05) is 22.7 Å². The van der Waals surface area contributed by atoms with Crippen LogP contribution < -0.4 is 0 Å². The second-order valence-electron chi connectivity index (χ2n) is 3.20. The summed E-state index contributed by atoms with van der Waals surface area (Å²) in [7, 11) is -4.27. The third-order valence-electron chi connectivity index (χ3n) is 2.13. The van der Waals surface area contributed by atoms with E-state index in [1.54, 1.807) is 0 Å². The molecule has 2 heterocycles. The Morgan fingerprint density at radius 1 is 0.895 bits per heavy atom. The van der Waals surface area contributed by atoms with Crippen molar-refractivity contribution in [3.63, 3.8) is 0 Å². The van der Waals surface area contributed by atoms with Crippen molar-refractivity contribution in [1.82, 2.24) is 0 Å². The molecule has 0 aliphatic heterocycles. The summed E-state index contributed by atoms with van der Waals surface area (Å²) in [6.07, 6.45) is 0. The lowest BCUT2D eigenvalue weighted by molar-refractivity contribution is -0.383. The van der Waals surface area contributed by atoms with Crippen molar-refractivity contribution in [2.75, 3.05) is 0 Å². The van der Waals surface area contributed by atoms with E-state index in [9.17, 15) is 28.6 Å². The summed E-state index contributed by atoms with van der Waals surface area (Å²) in [5.74, 6) is 0. The number of rotatable bonds is 4. The van der Waals surface area contributed by atoms with Crippen LogP contribution in [0.2, 0.25) is 0 Å². The SMILES string of the molecule is O=[N+]([O-])c1sccc1S(=O)(=O)c1ccsc1[N+](=O)[O-]. The average molecular weight is 320 g/mol. The fourth-order valence-electron chi connectivity index (χ4n) is 1.37. The first kappa shape index (κ1) is 13.6. The Morgan fingerprint density at radius 2 is 1.26 bits per heavy atom. The Labute approximate surface area is 114 Å². The van der Waals surface area contributed by atoms with Gasteiger partial charge in [0.15, 0.2) is 9.79 Å². The summed E-state index contributed by atoms with van der Waals surface area (Å²) < 4.78 is 24.4. The number of sulfone groups is 1. The Kier molecular flexibility index (Phi) is 3.34. The molecule has 0 spiro atoms. The minimum absolute atomic E-state index is 0.524. The third kappa shape index (κ3) is 2.22. The molecule has 0 bridgehead atoms. The van der Waals surface area contributed by atoms with Crippen LogP contribution in [0.1, 0.15) is 0 Å². The summed E-state index contributed by atoms with van der Waals surface area (Å²) >= 11 is 1.30. The van der Waals surface area contributed by atoms with Crippen LogP contribution in [0.25, 0.3) is 0 Å². The molecule has 8 nitrogen and oxygen atoms in total. The fourth-order valence-corrected chi connectivity index (χ4v) is 5.04. The van der Waals surface area contributed by atoms with Crippen molar-refractivity contribution in [1.29, 1.82) is 0 Å². The maximum atomic E-state index is 12.2. The molecule has 0 aromatic carbocycles. The monoisotopic (exact) mass is 320 g/mol. The lowest BCUT2D eigenvalue weighted by Gasteiger charge is -1.98. The lowest BCUT2D eigenvalue weighted by Crippen LogP contribution is -2.04. The Bertz CT molecular complexity index is 701. The van der Waals surface area contributed by atoms with Crippen LogP contribution in [-0.4, -0.2) is 18.3 Å². The van der Waals surface area contributed by atoms with Crippen molar-refractivity contribution in [2.24, 2.45) is 0 Å². The molecule has 0 atom stereocenters. The van der Waals surface area contributed by atoms with Gasteiger partial charge in [0.05, 0.1) is 9.85 Å². The maximum Gasteiger partial charge on any atom is 0.343 e. The highest BCUT2D eigenvalue weighted by molar-refractivity contribution is 7.92. The fraction of sp³-hybridized carbons (Fsp3) is 0. The predicted octanol–water partition coefficient (Wildman–Crippen LogP) is 2.46. The minimum atomic E-state index is -4.27. The number of nitrogens with zero attached hydrogens (tertiary/aromatic N) is 2. The zero-order chi connectivity index (χ0) is 14.2. The van der Waals surface area contributed by atoms with Gasteiger partial charge in [-0.05, 0) is 22.9 Å². The average Bonchev–Trinajstić information content (AvgIpc) is 2.98. The van der Waals surface area contributed by atoms with Gasteiger partial charge >= 0.3 is 10.0 Å². The summed E-state index contributed by atoms with van der Waals surface area (Å²) in [5.41, 5.74) is 0. The Hall–Kier alpha value is -1.85. The van der Waals surface area contributed by atoms with Gasteiger partial charge in [0.2, 0.25) is 9.84 Å². The molecule has 0 unspecified atom stereocenters. The first-order valence-corrected chi connectivity index (χ1v) is 7.79. The summed E-state index contributed by atoms with van der Waals surface area (Å²) in [6.45, 7) is 0. The van der Waals surface area contributed by atoms with Crippen molar-refractivity contribution < 1.29 is 18.3 Å². The second kappa shape index (κ2) is 4.68. The molecule has 2 aromatic rings. The van der Waals surface area contributed by atoms with E-state index in [1.165, 1.54) is 10.8 Å². The molecule has 2 rings (SSSR count). The minimum Gasteiger partial charge on any atom is -0.258 e. The van der Waals surface area contributed by atoms with E-state index in [0.717, 1.165) is 12.1 Å². The molecular formula is C8H4N2O6S3. The molecular weight excluding hydrogens is 316 g/mol. The molecule has 0 N–H and O–H groups in total. The predicted molar refractivity (Wildman–Crippen MR) is 67.4 cm³/mol. The second-order valence-corrected chi connectivity index (χ2v) is 6.87. The van der Waals surface area contributed by atoms with Crippen LogP contribution in [0.4, 0.5) is 10.0 Å². The summed E-state index contributed by atoms with van der Waals surface area (Å²) in [5, 5.41) is 22.9. The zero-order valence-corrected chi connectivity index (χ0v) is 11.3. The highest BCUT2D eigenvalue weighted by atomic mass is 32.2. The molecule has 0 amide bonds. The lowest BCUT2D eigenvalue weighted by atomic mass is 10.6. The molecule has 11 heteroatoms. The Morgan fingerprint density at radius 3 is 1.58 bits per heavy atom. The number of hydrogen-bond donors (Lipinski definition) is 0. The molecule has 0 radical (unpaired) electrons. The van der Waals surface area contributed by atoms with Crippen molar-refractivity contribution in [2.45, 2.75) is 9.79 Å². The van der Waals surface area contributed by atoms with E-state index in [4.69, 9.17) is 0 Å². The first-order chi connectivity index (χ1) is 8.85. The van der Waals surface area contributed by atoms with Crippen LogP contribution >= 0.6 is 22.7 Å². The summed E-state index contributed by atoms with van der Waals surface area (Å²) in [6, 6.07) is 2.14. The van der Waals surface area contributed by atoms with E-state index >= 15 is 0 Å². The molecule has 19 heavy (non-hydrogen) atoms. The van der Waals surface area contributed by atoms with E-state index in [2.05, 4.69) is 0 Å². The third-order valence-corrected chi connectivity index (χ3v) is 5.93. The molecule has 0 saturated carbocycles. The van der Waals surface area contributed by atoms with Gasteiger partial charge in [-0.2, -0.15) is 0 Å². The van der Waals surface area contributed by atoms with Crippen LogP contribution in [0, 0.1) is 20.2 Å². The maximum absolute atomic E-state index is 12.2. The van der Waals surface area contributed by atoms with Gasteiger partial charge in [0.25, 0.3) is 0 Å². The topological polar surface area (TPSA) is 120 Å². The van der Waals surface area contributed by atoms with Gasteiger partial charge in [-0.15, -0.1) is 0 Å². The molecule has 2 aromatic heterocycles. The van der Waals surface area contributed by atoms with Gasteiger partial charge in [-0.25, -0.2) is 8.42 Å². The van der Waals surface area contributed by atoms with Gasteiger partial charge < -0.3 is 0 Å². The van der Waals surface area contributed by atoms with E-state index < -0.39 is 39.5 Å². The summed E-state index contributed by atoms with van der Waals surface area (Å²) in [4.78, 5) is 18.8. The quantitative estimate of drug-likeness (QED) is 0.630. The van der Waals surface area contributed by atoms with Crippen molar-refractivity contribution in [3.8, 4) is 0 Å².